The van der Waals surface area contributed by atoms with Crippen LogP contribution in [0.25, 0.3) is 0 Å². The number of nitrogens with zero attached hydrogens (tertiary/aromatic N) is 4. The molecule has 3 rings (SSSR count). The van der Waals surface area contributed by atoms with Gasteiger partial charge in [-0.1, -0.05) is 0 Å². The molecule has 0 unspecified atom stereocenters. The number of rotatable bonds is 4. The summed E-state index contributed by atoms with van der Waals surface area (Å²) in [5.74, 6) is 1.90. The van der Waals surface area contributed by atoms with Crippen molar-refractivity contribution in [3.63, 3.8) is 0 Å². The average molecular weight is 292 g/mol. The first-order valence-electron chi connectivity index (χ1n) is 7.62. The highest BCUT2D eigenvalue weighted by atomic mass is 16.5. The fourth-order valence-corrected chi connectivity index (χ4v) is 3.15. The summed E-state index contributed by atoms with van der Waals surface area (Å²) in [6, 6.07) is 2.02. The van der Waals surface area contributed by atoms with Gasteiger partial charge in [0.15, 0.2) is 0 Å². The Balaban J connectivity index is 1.63. The Morgan fingerprint density at radius 1 is 1.43 bits per heavy atom. The Morgan fingerprint density at radius 3 is 2.95 bits per heavy atom. The van der Waals surface area contributed by atoms with Gasteiger partial charge in [0.05, 0.1) is 19.2 Å². The van der Waals surface area contributed by atoms with E-state index in [-0.39, 0.29) is 5.60 Å². The third-order valence-corrected chi connectivity index (χ3v) is 4.23. The van der Waals surface area contributed by atoms with E-state index in [4.69, 9.17) is 9.47 Å². The van der Waals surface area contributed by atoms with Crippen LogP contribution in [0.3, 0.4) is 0 Å². The lowest BCUT2D eigenvalue weighted by molar-refractivity contribution is -0.144. The van der Waals surface area contributed by atoms with Gasteiger partial charge >= 0.3 is 0 Å². The molecule has 116 valence electrons. The van der Waals surface area contributed by atoms with Gasteiger partial charge in [0, 0.05) is 39.8 Å². The number of ether oxygens (including phenoxy) is 2. The zero-order valence-corrected chi connectivity index (χ0v) is 13.1. The molecule has 1 spiro atoms. The summed E-state index contributed by atoms with van der Waals surface area (Å²) in [5.41, 5.74) is -0.0404. The molecule has 2 saturated heterocycles. The first-order valence-corrected chi connectivity index (χ1v) is 7.62. The highest BCUT2D eigenvalue weighted by molar-refractivity contribution is 5.52. The van der Waals surface area contributed by atoms with E-state index in [0.717, 1.165) is 50.8 Å². The van der Waals surface area contributed by atoms with E-state index in [0.29, 0.717) is 6.10 Å². The summed E-state index contributed by atoms with van der Waals surface area (Å²) in [5, 5.41) is 0. The molecule has 0 bridgehead atoms. The molecule has 6 nitrogen and oxygen atoms in total. The Kier molecular flexibility index (Phi) is 3.99. The highest BCUT2D eigenvalue weighted by Crippen LogP contribution is 2.37. The van der Waals surface area contributed by atoms with Gasteiger partial charge in [0.2, 0.25) is 0 Å². The molecule has 3 heterocycles. The molecular formula is C15H24N4O2. The second-order valence-corrected chi connectivity index (χ2v) is 6.09. The third kappa shape index (κ3) is 2.96. The fourth-order valence-electron chi connectivity index (χ4n) is 3.15. The summed E-state index contributed by atoms with van der Waals surface area (Å²) >= 11 is 0. The zero-order valence-electron chi connectivity index (χ0n) is 13.1. The number of anilines is 2. The normalized spacial score (nSPS) is 24.0. The Bertz CT molecular complexity index is 486. The molecular weight excluding hydrogens is 268 g/mol. The third-order valence-electron chi connectivity index (χ3n) is 4.23. The van der Waals surface area contributed by atoms with Gasteiger partial charge in [-0.05, 0) is 13.3 Å². The summed E-state index contributed by atoms with van der Waals surface area (Å²) < 4.78 is 11.8. The number of hydrogen-bond acceptors (Lipinski definition) is 6. The van der Waals surface area contributed by atoms with Gasteiger partial charge in [-0.2, -0.15) is 0 Å². The van der Waals surface area contributed by atoms with Crippen LogP contribution >= 0.6 is 0 Å². The molecule has 0 amide bonds. The van der Waals surface area contributed by atoms with Gasteiger partial charge in [0.25, 0.3) is 0 Å². The predicted octanol–water partition coefficient (Wildman–Crippen LogP) is 1.32. The molecule has 6 heteroatoms. The van der Waals surface area contributed by atoms with Crippen molar-refractivity contribution in [1.82, 2.24) is 9.97 Å². The summed E-state index contributed by atoms with van der Waals surface area (Å²) in [4.78, 5) is 12.9. The van der Waals surface area contributed by atoms with E-state index in [2.05, 4.69) is 21.8 Å². The van der Waals surface area contributed by atoms with Crippen molar-refractivity contribution in [3.8, 4) is 0 Å². The van der Waals surface area contributed by atoms with E-state index in [1.807, 2.05) is 25.1 Å². The molecule has 0 aliphatic carbocycles. The maximum absolute atomic E-state index is 6.03. The van der Waals surface area contributed by atoms with Crippen LogP contribution in [0, 0.1) is 0 Å². The maximum atomic E-state index is 6.03. The first-order chi connectivity index (χ1) is 10.1. The summed E-state index contributed by atoms with van der Waals surface area (Å²) in [6.45, 7) is 5.41. The number of aromatic nitrogens is 2. The molecule has 1 aromatic heterocycles. The van der Waals surface area contributed by atoms with Crippen molar-refractivity contribution >= 4 is 11.6 Å². The fraction of sp³-hybridized carbons (Fsp3) is 0.733. The minimum atomic E-state index is -0.0404. The highest BCUT2D eigenvalue weighted by Gasteiger charge is 2.48. The van der Waals surface area contributed by atoms with Crippen LogP contribution in [0.2, 0.25) is 0 Å². The van der Waals surface area contributed by atoms with Crippen LogP contribution in [0.15, 0.2) is 12.4 Å². The van der Waals surface area contributed by atoms with Crippen molar-refractivity contribution in [2.24, 2.45) is 0 Å². The van der Waals surface area contributed by atoms with Crippen LogP contribution in [0.1, 0.15) is 19.8 Å². The lowest BCUT2D eigenvalue weighted by atomic mass is 9.84. The lowest BCUT2D eigenvalue weighted by Crippen LogP contribution is -2.66. The maximum Gasteiger partial charge on any atom is 0.134 e. The minimum absolute atomic E-state index is 0.0404. The molecule has 2 aliphatic heterocycles. The van der Waals surface area contributed by atoms with Crippen LogP contribution < -0.4 is 9.80 Å². The Hall–Kier alpha value is -1.40. The standard InChI is InChI=1S/C15H24N4O2/c1-4-20-12-5-6-21-15(8-12)9-19(10-15)14-7-13(18(2)3)16-11-17-14/h7,11-12H,4-6,8-10H2,1-3H3/t12-/m0/s1. The molecule has 0 saturated carbocycles. The quantitative estimate of drug-likeness (QED) is 0.834. The minimum Gasteiger partial charge on any atom is -0.378 e. The van der Waals surface area contributed by atoms with Crippen molar-refractivity contribution in [1.29, 1.82) is 0 Å². The van der Waals surface area contributed by atoms with E-state index in [1.54, 1.807) is 6.33 Å². The van der Waals surface area contributed by atoms with E-state index in [1.165, 1.54) is 0 Å². The van der Waals surface area contributed by atoms with Crippen molar-refractivity contribution in [3.05, 3.63) is 12.4 Å². The van der Waals surface area contributed by atoms with Gasteiger partial charge in [0.1, 0.15) is 23.6 Å². The number of hydrogen-bond donors (Lipinski definition) is 0. The van der Waals surface area contributed by atoms with Gasteiger partial charge in [-0.25, -0.2) is 9.97 Å². The Morgan fingerprint density at radius 2 is 2.24 bits per heavy atom. The first kappa shape index (κ1) is 14.5. The molecule has 1 aromatic rings. The van der Waals surface area contributed by atoms with Gasteiger partial charge in [-0.15, -0.1) is 0 Å². The molecule has 21 heavy (non-hydrogen) atoms. The average Bonchev–Trinajstić information content (AvgIpc) is 2.45. The largest absolute Gasteiger partial charge is 0.378 e. The van der Waals surface area contributed by atoms with Crippen LogP contribution in [-0.4, -0.2) is 62.1 Å². The Labute approximate surface area is 126 Å². The molecule has 2 fully saturated rings. The monoisotopic (exact) mass is 292 g/mol. The van der Waals surface area contributed by atoms with Crippen LogP contribution in [-0.2, 0) is 9.47 Å². The zero-order chi connectivity index (χ0) is 14.9. The second-order valence-electron chi connectivity index (χ2n) is 6.09. The molecule has 1 atom stereocenters. The van der Waals surface area contributed by atoms with E-state index >= 15 is 0 Å². The molecule has 0 aromatic carbocycles. The summed E-state index contributed by atoms with van der Waals surface area (Å²) in [6.07, 6.45) is 3.96. The summed E-state index contributed by atoms with van der Waals surface area (Å²) in [7, 11) is 3.97. The van der Waals surface area contributed by atoms with Crippen molar-refractivity contribution < 1.29 is 9.47 Å². The van der Waals surface area contributed by atoms with Crippen LogP contribution in [0.5, 0.6) is 0 Å². The SMILES string of the molecule is CCO[C@H]1CCOC2(C1)CN(c1cc(N(C)C)ncn1)C2. The van der Waals surface area contributed by atoms with Crippen LogP contribution in [0.4, 0.5) is 11.6 Å². The molecule has 0 radical (unpaired) electrons. The lowest BCUT2D eigenvalue weighted by Gasteiger charge is -2.53. The molecule has 2 aliphatic rings. The predicted molar refractivity (Wildman–Crippen MR) is 81.9 cm³/mol. The second kappa shape index (κ2) is 5.77. The van der Waals surface area contributed by atoms with Crippen molar-refractivity contribution in [2.45, 2.75) is 31.5 Å². The van der Waals surface area contributed by atoms with Gasteiger partial charge < -0.3 is 19.3 Å². The smallest absolute Gasteiger partial charge is 0.134 e. The molecule has 0 N–H and O–H groups in total. The van der Waals surface area contributed by atoms with E-state index in [9.17, 15) is 0 Å². The van der Waals surface area contributed by atoms with Gasteiger partial charge in [-0.3, -0.25) is 0 Å². The topological polar surface area (TPSA) is 50.7 Å². The van der Waals surface area contributed by atoms with Crippen molar-refractivity contribution in [2.75, 3.05) is 50.2 Å². The van der Waals surface area contributed by atoms with E-state index < -0.39 is 0 Å².